The van der Waals surface area contributed by atoms with Crippen LogP contribution in [0.15, 0.2) is 106 Å². The maximum absolute atomic E-state index is 14.1. The first kappa shape index (κ1) is 48.7. The highest BCUT2D eigenvalue weighted by atomic mass is 32.2. The predicted molar refractivity (Wildman–Crippen MR) is 256 cm³/mol. The molecular weight excluding hydrogens is 900 g/mol. The molecule has 17 heteroatoms. The number of piperazine rings is 1. The molecule has 9 nitrogen and oxygen atoms in total. The van der Waals surface area contributed by atoms with E-state index in [4.69, 9.17) is 0 Å². The molecule has 1 fully saturated rings. The van der Waals surface area contributed by atoms with Gasteiger partial charge in [0, 0.05) is 85.4 Å². The first-order chi connectivity index (χ1) is 30.9. The van der Waals surface area contributed by atoms with E-state index in [-0.39, 0.29) is 22.8 Å². The van der Waals surface area contributed by atoms with Crippen molar-refractivity contribution in [3.63, 3.8) is 0 Å². The molecule has 7 rings (SSSR count). The minimum Gasteiger partial charge on any atom is -0.588 e. The summed E-state index contributed by atoms with van der Waals surface area (Å²) < 4.78 is 115. The Bertz CT molecular complexity index is 2500. The fourth-order valence-electron chi connectivity index (χ4n) is 8.77. The molecular formula is C48H57F5N6O3S3. The Morgan fingerprint density at radius 2 is 1.71 bits per heavy atom. The van der Waals surface area contributed by atoms with E-state index in [2.05, 4.69) is 51.4 Å². The fourth-order valence-corrected chi connectivity index (χ4v) is 11.8. The van der Waals surface area contributed by atoms with Gasteiger partial charge in [-0.3, -0.25) is 4.90 Å². The van der Waals surface area contributed by atoms with Crippen LogP contribution >= 0.6 is 11.8 Å². The average molecular weight is 957 g/mol. The van der Waals surface area contributed by atoms with Gasteiger partial charge in [-0.2, -0.15) is 13.2 Å². The number of thioether (sulfide) groups is 1. The highest BCUT2D eigenvalue weighted by Crippen LogP contribution is 2.41. The molecule has 2 aliphatic carbocycles. The van der Waals surface area contributed by atoms with Crippen molar-refractivity contribution >= 4 is 55.6 Å². The minimum absolute atomic E-state index is 0.144. The smallest absolute Gasteiger partial charge is 0.501 e. The summed E-state index contributed by atoms with van der Waals surface area (Å²) >= 11 is -0.778. The quantitative estimate of drug-likeness (QED) is 0.0841. The molecule has 4 aromatic rings. The lowest BCUT2D eigenvalue weighted by molar-refractivity contribution is -0.0435. The number of allylic oxidation sites excluding steroid dienone is 4. The van der Waals surface area contributed by atoms with Gasteiger partial charge in [0.05, 0.1) is 17.1 Å². The van der Waals surface area contributed by atoms with Crippen LogP contribution in [0, 0.1) is 19.7 Å². The van der Waals surface area contributed by atoms with Crippen molar-refractivity contribution < 1.29 is 34.9 Å². The summed E-state index contributed by atoms with van der Waals surface area (Å²) in [6, 6.07) is 17.3. The van der Waals surface area contributed by atoms with E-state index in [0.717, 1.165) is 68.5 Å². The lowest BCUT2D eigenvalue weighted by Gasteiger charge is -2.41. The van der Waals surface area contributed by atoms with E-state index in [1.807, 2.05) is 43.3 Å². The van der Waals surface area contributed by atoms with Gasteiger partial charge in [0.25, 0.3) is 9.84 Å². The van der Waals surface area contributed by atoms with E-state index in [1.165, 1.54) is 64.5 Å². The van der Waals surface area contributed by atoms with E-state index in [9.17, 15) is 34.9 Å². The molecule has 65 heavy (non-hydrogen) atoms. The van der Waals surface area contributed by atoms with Gasteiger partial charge in [0.2, 0.25) is 0 Å². The average Bonchev–Trinajstić information content (AvgIpc) is 3.51. The largest absolute Gasteiger partial charge is 0.588 e. The van der Waals surface area contributed by atoms with Crippen LogP contribution < -0.4 is 14.9 Å². The summed E-state index contributed by atoms with van der Waals surface area (Å²) in [4.78, 5) is 6.28. The van der Waals surface area contributed by atoms with Crippen LogP contribution in [0.25, 0.3) is 16.8 Å². The third-order valence-corrected chi connectivity index (χ3v) is 16.3. The van der Waals surface area contributed by atoms with Crippen molar-refractivity contribution in [2.75, 3.05) is 67.5 Å². The zero-order valence-corrected chi connectivity index (χ0v) is 39.7. The van der Waals surface area contributed by atoms with E-state index in [0.29, 0.717) is 35.4 Å². The Kier molecular flexibility index (Phi) is 15.5. The van der Waals surface area contributed by atoms with Crippen molar-refractivity contribution in [1.82, 2.24) is 14.4 Å². The van der Waals surface area contributed by atoms with Gasteiger partial charge in [-0.25, -0.2) is 21.9 Å². The maximum Gasteiger partial charge on any atom is 0.501 e. The number of alkyl halides is 4. The summed E-state index contributed by atoms with van der Waals surface area (Å²) in [7, 11) is -0.0849. The van der Waals surface area contributed by atoms with Crippen LogP contribution in [-0.2, 0) is 28.2 Å². The lowest BCUT2D eigenvalue weighted by atomic mass is 9.86. The highest BCUT2D eigenvalue weighted by molar-refractivity contribution is 8.03. The molecule has 3 aromatic carbocycles. The molecule has 0 radical (unpaired) electrons. The number of anilines is 3. The molecule has 3 aliphatic rings. The van der Waals surface area contributed by atoms with Gasteiger partial charge in [-0.1, -0.05) is 18.2 Å². The van der Waals surface area contributed by atoms with Crippen molar-refractivity contribution in [1.29, 1.82) is 0 Å². The second-order valence-corrected chi connectivity index (χ2v) is 21.4. The van der Waals surface area contributed by atoms with Crippen molar-refractivity contribution in [3.8, 4) is 11.3 Å². The lowest BCUT2D eigenvalue weighted by Crippen LogP contribution is -2.50. The van der Waals surface area contributed by atoms with E-state index >= 15 is 0 Å². The van der Waals surface area contributed by atoms with Crippen molar-refractivity contribution in [3.05, 3.63) is 119 Å². The number of halogens is 5. The number of hydrogen-bond donors (Lipinski definition) is 2. The Morgan fingerprint density at radius 1 is 1.00 bits per heavy atom. The van der Waals surface area contributed by atoms with Crippen LogP contribution in [0.5, 0.6) is 0 Å². The molecule has 350 valence electrons. The molecule has 3 unspecified atom stereocenters. The number of nitrogens with zero attached hydrogens (tertiary/aromatic N) is 4. The Balaban J connectivity index is 0.991. The molecule has 1 aromatic heterocycles. The summed E-state index contributed by atoms with van der Waals surface area (Å²) in [6.45, 7) is 8.20. The van der Waals surface area contributed by atoms with Crippen LogP contribution in [0.3, 0.4) is 0 Å². The predicted octanol–water partition coefficient (Wildman–Crippen LogP) is 10.3. The SMILES string of the molecule is Cc1c(C2=CCCC(N3CCN(c4ccc(N[S+]([O-])c5ccc(N[C@H](CCN(C)C)CSC6=CC(F)CC=C6)c(S(=O)(=O)C(F)(F)F)c5)cc4)CC3)C2)c(-c2ccc(F)cc2)n(C)c1C. The third-order valence-electron chi connectivity index (χ3n) is 12.5. The number of hydrogen-bond acceptors (Lipinski definition) is 9. The molecule has 0 amide bonds. The first-order valence-corrected chi connectivity index (χ1v) is 25.4. The van der Waals surface area contributed by atoms with E-state index in [1.54, 1.807) is 24.3 Å². The molecule has 1 saturated heterocycles. The molecule has 0 spiro atoms. The summed E-state index contributed by atoms with van der Waals surface area (Å²) in [5.41, 5.74) is 2.66. The number of sulfone groups is 1. The molecule has 2 heterocycles. The van der Waals surface area contributed by atoms with Crippen LogP contribution in [0.1, 0.15) is 48.9 Å². The number of aromatic nitrogens is 1. The second-order valence-electron chi connectivity index (χ2n) is 17.2. The monoisotopic (exact) mass is 956 g/mol. The maximum atomic E-state index is 14.1. The highest BCUT2D eigenvalue weighted by Gasteiger charge is 2.48. The second kappa shape index (κ2) is 20.7. The van der Waals surface area contributed by atoms with E-state index < -0.39 is 43.8 Å². The fraction of sp³-hybridized carbons (Fsp3) is 0.417. The molecule has 1 aliphatic heterocycles. The Morgan fingerprint density at radius 3 is 2.37 bits per heavy atom. The summed E-state index contributed by atoms with van der Waals surface area (Å²) in [5.74, 6) is 0.0745. The first-order valence-electron chi connectivity index (χ1n) is 21.8. The van der Waals surface area contributed by atoms with Gasteiger partial charge >= 0.3 is 5.51 Å². The zero-order valence-electron chi connectivity index (χ0n) is 37.3. The van der Waals surface area contributed by atoms with Gasteiger partial charge in [0.15, 0.2) is 4.90 Å². The topological polar surface area (TPSA) is 95.9 Å². The van der Waals surface area contributed by atoms with Gasteiger partial charge in [-0.05, 0) is 144 Å². The molecule has 4 atom stereocenters. The number of nitrogens with one attached hydrogen (secondary N) is 2. The van der Waals surface area contributed by atoms with Gasteiger partial charge in [0.1, 0.15) is 28.2 Å². The van der Waals surface area contributed by atoms with Crippen LogP contribution in [0.2, 0.25) is 0 Å². The van der Waals surface area contributed by atoms with Gasteiger partial charge < -0.3 is 24.2 Å². The normalized spacial score (nSPS) is 19.5. The molecule has 0 bridgehead atoms. The molecule has 0 saturated carbocycles. The summed E-state index contributed by atoms with van der Waals surface area (Å²) in [6.07, 6.45) is 9.95. The van der Waals surface area contributed by atoms with Crippen molar-refractivity contribution in [2.45, 2.75) is 79.5 Å². The number of benzene rings is 3. The zero-order chi connectivity index (χ0) is 46.6. The van der Waals surface area contributed by atoms with Crippen LogP contribution in [0.4, 0.5) is 39.0 Å². The van der Waals surface area contributed by atoms with Crippen LogP contribution in [-0.4, -0.2) is 104 Å². The minimum atomic E-state index is -5.85. The third kappa shape index (κ3) is 11.5. The van der Waals surface area contributed by atoms with Crippen molar-refractivity contribution in [2.24, 2.45) is 7.05 Å². The van der Waals surface area contributed by atoms with Gasteiger partial charge in [-0.15, -0.1) is 11.8 Å². The standard InChI is InChI=1S/C48H57F5N6O3S3/c1-32-33(2)57(5)47(34-12-14-36(49)15-13-34)46(32)35-8-6-10-41(28-35)59-26-24-58(25-27-59)40-18-16-38(17-19-40)55-64(60)43-20-21-44(45(30-43)65(61,62)48(51,52)53)54-39(22-23-56(3)4)31-63-42-11-7-9-37(50)29-42/h7-8,11-21,29-30,37,39,41,54-55H,6,9-10,22-28,31H2,1-5H3/t37?,39-,41?,64?/m1/s1. The Hall–Kier alpha value is -4.26. The number of rotatable bonds is 16. The Labute approximate surface area is 387 Å². The molecule has 2 N–H and O–H groups in total. The summed E-state index contributed by atoms with van der Waals surface area (Å²) in [5, 5.41) is 3.02.